The maximum Gasteiger partial charge on any atom is 0.416 e. The number of nitriles is 3. The van der Waals surface area contributed by atoms with E-state index in [2.05, 4.69) is 39.5 Å². The van der Waals surface area contributed by atoms with Crippen LogP contribution in [0.15, 0.2) is 164 Å². The van der Waals surface area contributed by atoms with Gasteiger partial charge in [0.05, 0.1) is 73.9 Å². The maximum absolute atomic E-state index is 14.2. The summed E-state index contributed by atoms with van der Waals surface area (Å²) >= 11 is 0. The zero-order valence-electron chi connectivity index (χ0n) is 32.5. The predicted octanol–water partition coefficient (Wildman–Crippen LogP) is 13.8. The minimum atomic E-state index is -4.55. The number of hydrogen-bond acceptors (Lipinski definition) is 3. The van der Waals surface area contributed by atoms with Gasteiger partial charge in [-0.1, -0.05) is 78.9 Å². The zero-order chi connectivity index (χ0) is 42.0. The highest BCUT2D eigenvalue weighted by Gasteiger charge is 2.32. The molecule has 10 rings (SSSR count). The summed E-state index contributed by atoms with van der Waals surface area (Å²) in [5.74, 6) is 0. The Morgan fingerprint density at radius 1 is 0.426 bits per heavy atom. The van der Waals surface area contributed by atoms with E-state index in [-0.39, 0.29) is 0 Å². The first-order valence-corrected chi connectivity index (χ1v) is 19.5. The van der Waals surface area contributed by atoms with Gasteiger partial charge in [0.1, 0.15) is 0 Å². The summed E-state index contributed by atoms with van der Waals surface area (Å²) < 4.78 is 46.9. The Bertz CT molecular complexity index is 3390. The lowest BCUT2D eigenvalue weighted by molar-refractivity contribution is -0.137. The normalized spacial score (nSPS) is 11.6. The van der Waals surface area contributed by atoms with Crippen molar-refractivity contribution in [3.63, 3.8) is 0 Å². The third kappa shape index (κ3) is 6.08. The molecule has 8 heteroatoms. The molecule has 0 saturated carbocycles. The molecule has 5 nitrogen and oxygen atoms in total. The highest BCUT2D eigenvalue weighted by Crippen LogP contribution is 2.45. The molecule has 288 valence electrons. The van der Waals surface area contributed by atoms with E-state index in [0.717, 1.165) is 71.9 Å². The van der Waals surface area contributed by atoms with Gasteiger partial charge in [-0.05, 0) is 125 Å². The molecule has 0 aliphatic heterocycles. The molecule has 2 aromatic heterocycles. The molecule has 0 aliphatic rings. The molecule has 61 heavy (non-hydrogen) atoms. The molecule has 0 fully saturated rings. The second kappa shape index (κ2) is 14.2. The number of aryl methyl sites for hydroxylation is 1. The van der Waals surface area contributed by atoms with E-state index in [1.807, 2.05) is 121 Å². The number of alkyl halides is 3. The van der Waals surface area contributed by atoms with Gasteiger partial charge in [0, 0.05) is 27.1 Å². The Morgan fingerprint density at radius 3 is 1.34 bits per heavy atom. The summed E-state index contributed by atoms with van der Waals surface area (Å²) in [6, 6.07) is 57.4. The fraction of sp³-hybridized carbons (Fsp3) is 0.0377. The second-order valence-electron chi connectivity index (χ2n) is 15.1. The maximum atomic E-state index is 14.2. The number of benzene rings is 8. The van der Waals surface area contributed by atoms with Crippen LogP contribution in [0.5, 0.6) is 0 Å². The van der Waals surface area contributed by atoms with Gasteiger partial charge in [-0.25, -0.2) is 0 Å². The van der Waals surface area contributed by atoms with E-state index in [1.165, 1.54) is 12.1 Å². The first-order valence-electron chi connectivity index (χ1n) is 19.5. The van der Waals surface area contributed by atoms with Crippen molar-refractivity contribution >= 4 is 43.6 Å². The first kappa shape index (κ1) is 36.9. The molecule has 0 atom stereocenters. The Balaban J connectivity index is 1.32. The number of hydrogen-bond donors (Lipinski definition) is 0. The Morgan fingerprint density at radius 2 is 0.885 bits per heavy atom. The van der Waals surface area contributed by atoms with Gasteiger partial charge in [-0.2, -0.15) is 29.0 Å². The predicted molar refractivity (Wildman–Crippen MR) is 235 cm³/mol. The summed E-state index contributed by atoms with van der Waals surface area (Å²) in [5.41, 5.74) is 10.6. The van der Waals surface area contributed by atoms with E-state index in [4.69, 9.17) is 0 Å². The molecular formula is C53H30F3N5. The molecule has 2 heterocycles. The molecular weight excluding hydrogens is 764 g/mol. The van der Waals surface area contributed by atoms with Crippen molar-refractivity contribution in [2.45, 2.75) is 13.1 Å². The van der Waals surface area contributed by atoms with Gasteiger partial charge >= 0.3 is 6.18 Å². The monoisotopic (exact) mass is 793 g/mol. The van der Waals surface area contributed by atoms with Gasteiger partial charge in [0.25, 0.3) is 0 Å². The number of fused-ring (bicyclic) bond motifs is 6. The van der Waals surface area contributed by atoms with Gasteiger partial charge in [0.2, 0.25) is 0 Å². The van der Waals surface area contributed by atoms with Crippen LogP contribution in [-0.2, 0) is 6.18 Å². The van der Waals surface area contributed by atoms with Crippen LogP contribution in [0.2, 0.25) is 0 Å². The number of halogens is 3. The summed E-state index contributed by atoms with van der Waals surface area (Å²) in [6.45, 7) is 1.69. The molecule has 0 aliphatic carbocycles. The fourth-order valence-corrected chi connectivity index (χ4v) is 8.79. The number of rotatable bonds is 5. The lowest BCUT2D eigenvalue weighted by Gasteiger charge is -2.22. The van der Waals surface area contributed by atoms with Crippen LogP contribution in [0.3, 0.4) is 0 Å². The van der Waals surface area contributed by atoms with Crippen molar-refractivity contribution in [2.24, 2.45) is 0 Å². The van der Waals surface area contributed by atoms with Gasteiger partial charge in [-0.15, -0.1) is 0 Å². The van der Waals surface area contributed by atoms with E-state index < -0.39 is 11.7 Å². The van der Waals surface area contributed by atoms with Gasteiger partial charge in [0.15, 0.2) is 0 Å². The Kier molecular flexibility index (Phi) is 8.58. The van der Waals surface area contributed by atoms with Crippen LogP contribution in [0.25, 0.3) is 88.4 Å². The molecule has 10 aromatic rings. The van der Waals surface area contributed by atoms with Crippen molar-refractivity contribution in [1.29, 1.82) is 15.8 Å². The van der Waals surface area contributed by atoms with E-state index >= 15 is 0 Å². The molecule has 0 amide bonds. The minimum absolute atomic E-state index is 0.366. The van der Waals surface area contributed by atoms with Crippen molar-refractivity contribution in [1.82, 2.24) is 9.13 Å². The molecule has 0 radical (unpaired) electrons. The van der Waals surface area contributed by atoms with Gasteiger partial charge in [-0.3, -0.25) is 0 Å². The average Bonchev–Trinajstić information content (AvgIpc) is 3.80. The summed E-state index contributed by atoms with van der Waals surface area (Å²) in [6.07, 6.45) is -4.55. The van der Waals surface area contributed by atoms with Gasteiger partial charge < -0.3 is 9.13 Å². The van der Waals surface area contributed by atoms with Crippen molar-refractivity contribution in [3.8, 4) is 63.0 Å². The van der Waals surface area contributed by atoms with Crippen LogP contribution in [-0.4, -0.2) is 9.13 Å². The van der Waals surface area contributed by atoms with Crippen molar-refractivity contribution in [3.05, 3.63) is 192 Å². The van der Waals surface area contributed by atoms with Crippen LogP contribution in [0.1, 0.15) is 27.8 Å². The third-order valence-corrected chi connectivity index (χ3v) is 11.5. The third-order valence-electron chi connectivity index (χ3n) is 11.5. The minimum Gasteiger partial charge on any atom is -0.308 e. The SMILES string of the molecule is Cc1cc(C(F)(F)F)ccc1-c1c(-n2c3ccccc3c3cc(-c4cccc(C#N)c4)ccc32)cc(C#N)cc1-n1c2ccccc2c2cc(-c3cccc(C#N)c3)ccc21. The van der Waals surface area contributed by atoms with Crippen molar-refractivity contribution < 1.29 is 13.2 Å². The molecule has 0 unspecified atom stereocenters. The molecule has 0 N–H and O–H groups in total. The van der Waals surface area contributed by atoms with Crippen LogP contribution < -0.4 is 0 Å². The van der Waals surface area contributed by atoms with Crippen LogP contribution in [0, 0.1) is 40.9 Å². The quantitative estimate of drug-likeness (QED) is 0.174. The largest absolute Gasteiger partial charge is 0.416 e. The Hall–Kier alpha value is -8.38. The van der Waals surface area contributed by atoms with Crippen LogP contribution in [0.4, 0.5) is 13.2 Å². The topological polar surface area (TPSA) is 81.2 Å². The number of para-hydroxylation sites is 2. The fourth-order valence-electron chi connectivity index (χ4n) is 8.79. The standard InChI is InChI=1S/C53H30F3N5/c1-32-22-40(53(54,55)56)18-19-41(32)52-50(60-46-14-4-2-12-42(46)44-27-38(16-20-48(44)60)36-10-6-8-33(23-36)29-57)25-35(31-59)26-51(52)61-47-15-5-3-13-43(47)45-28-39(17-21-49(45)61)37-11-7-9-34(24-37)30-58/h2-28H,1H3. The molecule has 0 bridgehead atoms. The summed E-state index contributed by atoms with van der Waals surface area (Å²) in [4.78, 5) is 0. The van der Waals surface area contributed by atoms with Crippen molar-refractivity contribution in [2.75, 3.05) is 0 Å². The number of aromatic nitrogens is 2. The van der Waals surface area contributed by atoms with E-state index in [9.17, 15) is 29.0 Å². The van der Waals surface area contributed by atoms with E-state index in [1.54, 1.807) is 19.1 Å². The molecule has 8 aromatic carbocycles. The first-order chi connectivity index (χ1) is 29.6. The average molecular weight is 794 g/mol. The summed E-state index contributed by atoms with van der Waals surface area (Å²) in [7, 11) is 0. The zero-order valence-corrected chi connectivity index (χ0v) is 32.5. The van der Waals surface area contributed by atoms with Crippen LogP contribution >= 0.6 is 0 Å². The highest BCUT2D eigenvalue weighted by atomic mass is 19.4. The highest BCUT2D eigenvalue weighted by molar-refractivity contribution is 6.13. The number of nitrogens with zero attached hydrogens (tertiary/aromatic N) is 5. The molecule has 0 spiro atoms. The Labute approximate surface area is 348 Å². The van der Waals surface area contributed by atoms with E-state index in [0.29, 0.717) is 44.8 Å². The lowest BCUT2D eigenvalue weighted by atomic mass is 9.93. The summed E-state index contributed by atoms with van der Waals surface area (Å²) in [5, 5.41) is 33.8. The lowest BCUT2D eigenvalue weighted by Crippen LogP contribution is -2.08. The smallest absolute Gasteiger partial charge is 0.308 e. The second-order valence-corrected chi connectivity index (χ2v) is 15.1. The molecule has 0 saturated heterocycles.